The van der Waals surface area contributed by atoms with E-state index in [1.165, 1.54) is 19.8 Å². The number of aliphatic hydroxyl groups is 1. The van der Waals surface area contributed by atoms with Gasteiger partial charge in [0.2, 0.25) is 0 Å². The number of rotatable bonds is 5. The van der Waals surface area contributed by atoms with Crippen molar-refractivity contribution in [1.82, 2.24) is 0 Å². The summed E-state index contributed by atoms with van der Waals surface area (Å²) >= 11 is 0. The lowest BCUT2D eigenvalue weighted by atomic mass is 9.80. The highest BCUT2D eigenvalue weighted by atomic mass is 16.8. The second-order valence-electron chi connectivity index (χ2n) is 6.52. The first kappa shape index (κ1) is 16.4. The molecule has 1 fully saturated rings. The minimum atomic E-state index is -1.55. The maximum absolute atomic E-state index is 12.4. The van der Waals surface area contributed by atoms with Gasteiger partial charge in [-0.2, -0.15) is 0 Å². The van der Waals surface area contributed by atoms with Crippen molar-refractivity contribution in [3.8, 4) is 0 Å². The van der Waals surface area contributed by atoms with Gasteiger partial charge in [-0.15, -0.1) is 0 Å². The molecule has 0 radical (unpaired) electrons. The molecule has 0 saturated carbocycles. The molecule has 1 saturated heterocycles. The molecule has 0 amide bonds. The molecule has 118 valence electrons. The summed E-state index contributed by atoms with van der Waals surface area (Å²) in [5.74, 6) is -1.08. The number of hydrogen-bond donors (Lipinski definition) is 1. The van der Waals surface area contributed by atoms with Crippen LogP contribution in [-0.4, -0.2) is 34.5 Å². The number of allylic oxidation sites excluding steroid dienone is 2. The molecule has 4 nitrogen and oxygen atoms in total. The van der Waals surface area contributed by atoms with E-state index in [2.05, 4.69) is 6.92 Å². The molecule has 2 aliphatic rings. The van der Waals surface area contributed by atoms with Crippen molar-refractivity contribution in [3.05, 3.63) is 23.8 Å². The number of Topliss-reactive ketones (excluding diaryl/α,β-unsaturated/α-hetero) is 1. The van der Waals surface area contributed by atoms with Gasteiger partial charge >= 0.3 is 0 Å². The number of ether oxygens (including phenoxy) is 2. The zero-order valence-electron chi connectivity index (χ0n) is 13.4. The average Bonchev–Trinajstić information content (AvgIpc) is 2.71. The monoisotopic (exact) mass is 294 g/mol. The molecule has 0 aromatic rings. The van der Waals surface area contributed by atoms with E-state index < -0.39 is 17.5 Å². The van der Waals surface area contributed by atoms with E-state index in [-0.39, 0.29) is 11.9 Å². The standard InChI is InChI=1S/C17H26O4/c1-5-6-7-8-9-10-12-11-13-15(17(4,19)14(12)18)21-16(2,3)20-13/h9-11,13,15,19H,5-8H2,1-4H3/b10-9+/t13-,15-,17-/m0/s1. The lowest BCUT2D eigenvalue weighted by Gasteiger charge is -2.33. The van der Waals surface area contributed by atoms with Crippen LogP contribution in [0.4, 0.5) is 0 Å². The Balaban J connectivity index is 2.13. The van der Waals surface area contributed by atoms with Gasteiger partial charge in [0.1, 0.15) is 12.2 Å². The zero-order valence-corrected chi connectivity index (χ0v) is 13.4. The molecule has 1 N–H and O–H groups in total. The van der Waals surface area contributed by atoms with Gasteiger partial charge in [0.25, 0.3) is 0 Å². The lowest BCUT2D eigenvalue weighted by molar-refractivity contribution is -0.171. The normalized spacial score (nSPS) is 35.1. The third-order valence-electron chi connectivity index (χ3n) is 4.02. The van der Waals surface area contributed by atoms with Crippen LogP contribution in [-0.2, 0) is 14.3 Å². The maximum atomic E-state index is 12.4. The minimum absolute atomic E-state index is 0.295. The van der Waals surface area contributed by atoms with Crippen molar-refractivity contribution in [2.24, 2.45) is 0 Å². The van der Waals surface area contributed by atoms with Gasteiger partial charge in [-0.25, -0.2) is 0 Å². The van der Waals surface area contributed by atoms with Crippen molar-refractivity contribution < 1.29 is 19.4 Å². The zero-order chi connectivity index (χ0) is 15.7. The summed E-state index contributed by atoms with van der Waals surface area (Å²) in [7, 11) is 0. The Kier molecular flexibility index (Phi) is 4.71. The molecule has 21 heavy (non-hydrogen) atoms. The summed E-state index contributed by atoms with van der Waals surface area (Å²) in [5, 5.41) is 10.5. The fourth-order valence-corrected chi connectivity index (χ4v) is 2.87. The predicted molar refractivity (Wildman–Crippen MR) is 80.8 cm³/mol. The van der Waals surface area contributed by atoms with E-state index >= 15 is 0 Å². The molecule has 0 spiro atoms. The van der Waals surface area contributed by atoms with E-state index in [9.17, 15) is 9.90 Å². The van der Waals surface area contributed by atoms with Crippen LogP contribution in [0.2, 0.25) is 0 Å². The Labute approximate surface area is 126 Å². The second-order valence-corrected chi connectivity index (χ2v) is 6.52. The number of fused-ring (bicyclic) bond motifs is 1. The molecular formula is C17H26O4. The summed E-state index contributed by atoms with van der Waals surface area (Å²) in [6.07, 6.45) is 8.96. The quantitative estimate of drug-likeness (QED) is 0.792. The molecule has 1 aliphatic carbocycles. The van der Waals surface area contributed by atoms with E-state index in [4.69, 9.17) is 9.47 Å². The third kappa shape index (κ3) is 3.44. The Morgan fingerprint density at radius 3 is 2.67 bits per heavy atom. The van der Waals surface area contributed by atoms with Crippen LogP contribution in [0.25, 0.3) is 0 Å². The number of ketones is 1. The molecule has 3 atom stereocenters. The Bertz CT molecular complexity index is 459. The number of carbonyl (C=O) groups is 1. The van der Waals surface area contributed by atoms with Gasteiger partial charge in [0.05, 0.1) is 0 Å². The first-order valence-corrected chi connectivity index (χ1v) is 7.79. The summed E-state index contributed by atoms with van der Waals surface area (Å²) in [4.78, 5) is 12.4. The van der Waals surface area contributed by atoms with Gasteiger partial charge in [-0.1, -0.05) is 31.9 Å². The van der Waals surface area contributed by atoms with E-state index in [1.54, 1.807) is 26.0 Å². The summed E-state index contributed by atoms with van der Waals surface area (Å²) in [6.45, 7) is 7.25. The molecule has 1 heterocycles. The predicted octanol–water partition coefficient (Wildman–Crippen LogP) is 2.90. The summed E-state index contributed by atoms with van der Waals surface area (Å²) in [5.41, 5.74) is -1.03. The smallest absolute Gasteiger partial charge is 0.196 e. The third-order valence-corrected chi connectivity index (χ3v) is 4.02. The highest BCUT2D eigenvalue weighted by molar-refractivity contribution is 6.05. The van der Waals surface area contributed by atoms with Gasteiger partial charge in [-0.3, -0.25) is 4.79 Å². The Morgan fingerprint density at radius 2 is 2.00 bits per heavy atom. The van der Waals surface area contributed by atoms with Crippen LogP contribution in [0, 0.1) is 0 Å². The van der Waals surface area contributed by atoms with Crippen molar-refractivity contribution in [2.45, 2.75) is 77.0 Å². The van der Waals surface area contributed by atoms with Gasteiger partial charge in [0, 0.05) is 5.57 Å². The van der Waals surface area contributed by atoms with Gasteiger partial charge < -0.3 is 14.6 Å². The van der Waals surface area contributed by atoms with Crippen molar-refractivity contribution in [3.63, 3.8) is 0 Å². The van der Waals surface area contributed by atoms with Crippen LogP contribution >= 0.6 is 0 Å². The first-order chi connectivity index (χ1) is 9.78. The number of unbranched alkanes of at least 4 members (excludes halogenated alkanes) is 3. The van der Waals surface area contributed by atoms with Crippen molar-refractivity contribution in [2.75, 3.05) is 0 Å². The Morgan fingerprint density at radius 1 is 1.29 bits per heavy atom. The van der Waals surface area contributed by atoms with Gasteiger partial charge in [0.15, 0.2) is 17.2 Å². The van der Waals surface area contributed by atoms with E-state index in [1.807, 2.05) is 6.08 Å². The first-order valence-electron chi connectivity index (χ1n) is 7.79. The van der Waals surface area contributed by atoms with Gasteiger partial charge in [-0.05, 0) is 39.7 Å². The maximum Gasteiger partial charge on any atom is 0.196 e. The lowest BCUT2D eigenvalue weighted by Crippen LogP contribution is -2.54. The Hall–Kier alpha value is -0.970. The van der Waals surface area contributed by atoms with Crippen LogP contribution in [0.1, 0.15) is 53.4 Å². The van der Waals surface area contributed by atoms with Crippen LogP contribution in [0.5, 0.6) is 0 Å². The van der Waals surface area contributed by atoms with Crippen molar-refractivity contribution >= 4 is 5.78 Å². The number of hydrogen-bond acceptors (Lipinski definition) is 4. The highest BCUT2D eigenvalue weighted by Gasteiger charge is 2.55. The molecule has 0 bridgehead atoms. The van der Waals surface area contributed by atoms with Crippen molar-refractivity contribution in [1.29, 1.82) is 0 Å². The van der Waals surface area contributed by atoms with Crippen LogP contribution in [0.3, 0.4) is 0 Å². The SMILES string of the molecule is CCCCC/C=C/C1=C[C@@H]2OC(C)(C)O[C@@H]2[C@@](C)(O)C1=O. The highest BCUT2D eigenvalue weighted by Crippen LogP contribution is 2.39. The molecule has 0 aromatic carbocycles. The minimum Gasteiger partial charge on any atom is -0.379 e. The largest absolute Gasteiger partial charge is 0.379 e. The number of carbonyl (C=O) groups excluding carboxylic acids is 1. The van der Waals surface area contributed by atoms with E-state index in [0.717, 1.165) is 12.8 Å². The average molecular weight is 294 g/mol. The van der Waals surface area contributed by atoms with Crippen LogP contribution in [0.15, 0.2) is 23.8 Å². The molecule has 1 aliphatic heterocycles. The van der Waals surface area contributed by atoms with E-state index in [0.29, 0.717) is 5.57 Å². The summed E-state index contributed by atoms with van der Waals surface area (Å²) in [6, 6.07) is 0. The van der Waals surface area contributed by atoms with Crippen LogP contribution < -0.4 is 0 Å². The fourth-order valence-electron chi connectivity index (χ4n) is 2.87. The molecule has 0 aromatic heterocycles. The summed E-state index contributed by atoms with van der Waals surface area (Å²) < 4.78 is 11.4. The fraction of sp³-hybridized carbons (Fsp3) is 0.706. The molecular weight excluding hydrogens is 268 g/mol. The second kappa shape index (κ2) is 6.03. The topological polar surface area (TPSA) is 55.8 Å². The molecule has 2 rings (SSSR count). The molecule has 4 heteroatoms. The molecule has 0 unspecified atom stereocenters.